The van der Waals surface area contributed by atoms with E-state index in [1.165, 1.54) is 38.5 Å². The molecule has 6 nitrogen and oxygen atoms in total. The lowest BCUT2D eigenvalue weighted by Gasteiger charge is -2.41. The van der Waals surface area contributed by atoms with Crippen LogP contribution in [0, 0.1) is 5.92 Å². The summed E-state index contributed by atoms with van der Waals surface area (Å²) in [5.74, 6) is 1.61. The van der Waals surface area contributed by atoms with Gasteiger partial charge < -0.3 is 15.8 Å². The summed E-state index contributed by atoms with van der Waals surface area (Å²) >= 11 is 0. The van der Waals surface area contributed by atoms with Crippen molar-refractivity contribution in [2.75, 3.05) is 37.3 Å². The van der Waals surface area contributed by atoms with E-state index in [4.69, 9.17) is 10.5 Å². The second-order valence-electron chi connectivity index (χ2n) is 8.56. The molecule has 0 amide bonds. The van der Waals surface area contributed by atoms with Gasteiger partial charge in [-0.05, 0) is 62.6 Å². The summed E-state index contributed by atoms with van der Waals surface area (Å²) in [5.41, 5.74) is 7.87. The Morgan fingerprint density at radius 2 is 2.04 bits per heavy atom. The maximum Gasteiger partial charge on any atom is 0.137 e. The number of benzene rings is 1. The van der Waals surface area contributed by atoms with Gasteiger partial charge in [0.15, 0.2) is 0 Å². The molecule has 0 radical (unpaired) electrons. The summed E-state index contributed by atoms with van der Waals surface area (Å²) in [6, 6.07) is 6.55. The van der Waals surface area contributed by atoms with E-state index in [0.29, 0.717) is 5.92 Å². The number of aromatic nitrogens is 2. The highest BCUT2D eigenvalue weighted by atomic mass is 16.5. The zero-order valence-corrected chi connectivity index (χ0v) is 15.9. The maximum absolute atomic E-state index is 5.98. The molecule has 2 saturated carbocycles. The highest BCUT2D eigenvalue weighted by molar-refractivity contribution is 5.91. The van der Waals surface area contributed by atoms with Crippen LogP contribution in [0.3, 0.4) is 0 Å². The van der Waals surface area contributed by atoms with Crippen LogP contribution in [0.25, 0.3) is 10.9 Å². The molecule has 2 aliphatic carbocycles. The lowest BCUT2D eigenvalue weighted by molar-refractivity contribution is -0.0654. The molecular weight excluding hydrogens is 338 g/mol. The molecule has 0 unspecified atom stereocenters. The standard InChI is InChI=1S/C21H29N5O/c22-16-3-6-19-18(11-16)20(25-14-24-19)23-12-15-1-4-17(5-2-15)26-9-10-27-21(13-26)7-8-21/h3,6,11,14-15,17H,1-2,4-5,7-10,12-13,22H2,(H,23,24,25). The first-order valence-electron chi connectivity index (χ1n) is 10.3. The van der Waals surface area contributed by atoms with E-state index in [9.17, 15) is 0 Å². The van der Waals surface area contributed by atoms with Crippen molar-refractivity contribution in [3.8, 4) is 0 Å². The zero-order chi connectivity index (χ0) is 18.3. The number of nitrogens with zero attached hydrogens (tertiary/aromatic N) is 3. The summed E-state index contributed by atoms with van der Waals surface area (Å²) in [5, 5.41) is 4.57. The van der Waals surface area contributed by atoms with E-state index >= 15 is 0 Å². The van der Waals surface area contributed by atoms with Crippen LogP contribution in [0.5, 0.6) is 0 Å². The van der Waals surface area contributed by atoms with Gasteiger partial charge in [-0.3, -0.25) is 4.90 Å². The number of hydrogen-bond acceptors (Lipinski definition) is 6. The quantitative estimate of drug-likeness (QED) is 0.809. The van der Waals surface area contributed by atoms with E-state index in [-0.39, 0.29) is 5.60 Å². The SMILES string of the molecule is Nc1ccc2ncnc(NCC3CCC(N4CCOC5(CC5)C4)CC3)c2c1. The molecule has 1 aromatic carbocycles. The minimum absolute atomic E-state index is 0.243. The van der Waals surface area contributed by atoms with Gasteiger partial charge in [-0.25, -0.2) is 9.97 Å². The minimum Gasteiger partial charge on any atom is -0.399 e. The smallest absolute Gasteiger partial charge is 0.137 e. The third-order valence-corrected chi connectivity index (χ3v) is 6.64. The van der Waals surface area contributed by atoms with Crippen molar-refractivity contribution in [3.63, 3.8) is 0 Å². The summed E-state index contributed by atoms with van der Waals surface area (Å²) < 4.78 is 5.98. The molecule has 0 bridgehead atoms. The third-order valence-electron chi connectivity index (χ3n) is 6.64. The van der Waals surface area contributed by atoms with Gasteiger partial charge in [-0.2, -0.15) is 0 Å². The van der Waals surface area contributed by atoms with E-state index in [2.05, 4.69) is 20.2 Å². The van der Waals surface area contributed by atoms with Crippen LogP contribution < -0.4 is 11.1 Å². The van der Waals surface area contributed by atoms with Gasteiger partial charge in [-0.15, -0.1) is 0 Å². The Hall–Kier alpha value is -1.92. The van der Waals surface area contributed by atoms with E-state index in [1.807, 2.05) is 18.2 Å². The molecular formula is C21H29N5O. The maximum atomic E-state index is 5.98. The number of hydrogen-bond donors (Lipinski definition) is 2. The zero-order valence-electron chi connectivity index (χ0n) is 15.9. The fourth-order valence-electron chi connectivity index (χ4n) is 4.80. The van der Waals surface area contributed by atoms with Crippen molar-refractivity contribution >= 4 is 22.4 Å². The Kier molecular flexibility index (Phi) is 4.40. The topological polar surface area (TPSA) is 76.3 Å². The number of rotatable bonds is 4. The highest BCUT2D eigenvalue weighted by Crippen LogP contribution is 2.43. The van der Waals surface area contributed by atoms with Crippen LogP contribution >= 0.6 is 0 Å². The molecule has 1 saturated heterocycles. The average Bonchev–Trinajstić information content (AvgIpc) is 3.45. The Bertz CT molecular complexity index is 813. The van der Waals surface area contributed by atoms with Gasteiger partial charge >= 0.3 is 0 Å². The van der Waals surface area contributed by atoms with Crippen LogP contribution in [0.15, 0.2) is 24.5 Å². The summed E-state index contributed by atoms with van der Waals surface area (Å²) in [6.07, 6.45) is 9.34. The molecule has 6 heteroatoms. The lowest BCUT2D eigenvalue weighted by atomic mass is 9.85. The normalized spacial score (nSPS) is 27.7. The first-order valence-corrected chi connectivity index (χ1v) is 10.3. The molecule has 2 heterocycles. The van der Waals surface area contributed by atoms with Crippen LogP contribution in [-0.4, -0.2) is 52.8 Å². The van der Waals surface area contributed by atoms with Crippen LogP contribution in [0.1, 0.15) is 38.5 Å². The first kappa shape index (κ1) is 17.2. The largest absolute Gasteiger partial charge is 0.399 e. The monoisotopic (exact) mass is 367 g/mol. The molecule has 2 aromatic rings. The molecule has 3 fully saturated rings. The van der Waals surface area contributed by atoms with Crippen LogP contribution in [-0.2, 0) is 4.74 Å². The summed E-state index contributed by atoms with van der Waals surface area (Å²) in [7, 11) is 0. The molecule has 144 valence electrons. The minimum atomic E-state index is 0.243. The van der Waals surface area contributed by atoms with Gasteiger partial charge in [0.05, 0.1) is 17.7 Å². The third kappa shape index (κ3) is 3.60. The van der Waals surface area contributed by atoms with Crippen molar-refractivity contribution in [2.24, 2.45) is 5.92 Å². The predicted molar refractivity (Wildman–Crippen MR) is 108 cm³/mol. The number of anilines is 2. The lowest BCUT2D eigenvalue weighted by Crippen LogP contribution is -2.50. The number of nitrogens with two attached hydrogens (primary N) is 1. The number of fused-ring (bicyclic) bond motifs is 1. The Morgan fingerprint density at radius 1 is 1.19 bits per heavy atom. The van der Waals surface area contributed by atoms with Gasteiger partial charge in [0.2, 0.25) is 0 Å². The van der Waals surface area contributed by atoms with Gasteiger partial charge in [0.1, 0.15) is 12.1 Å². The number of morpholine rings is 1. The van der Waals surface area contributed by atoms with Crippen molar-refractivity contribution in [2.45, 2.75) is 50.2 Å². The van der Waals surface area contributed by atoms with Gasteiger partial charge in [0.25, 0.3) is 0 Å². The highest BCUT2D eigenvalue weighted by Gasteiger charge is 2.48. The number of ether oxygens (including phenoxy) is 1. The molecule has 1 spiro atoms. The van der Waals surface area contributed by atoms with E-state index in [0.717, 1.165) is 54.7 Å². The predicted octanol–water partition coefficient (Wildman–Crippen LogP) is 3.05. The van der Waals surface area contributed by atoms with E-state index in [1.54, 1.807) is 6.33 Å². The molecule has 1 aliphatic heterocycles. The fourth-order valence-corrected chi connectivity index (χ4v) is 4.80. The van der Waals surface area contributed by atoms with Crippen molar-refractivity contribution in [1.82, 2.24) is 14.9 Å². The van der Waals surface area contributed by atoms with Crippen molar-refractivity contribution in [3.05, 3.63) is 24.5 Å². The van der Waals surface area contributed by atoms with Crippen molar-refractivity contribution in [1.29, 1.82) is 0 Å². The average molecular weight is 367 g/mol. The fraction of sp³-hybridized carbons (Fsp3) is 0.619. The Labute approximate surface area is 160 Å². The van der Waals surface area contributed by atoms with E-state index < -0.39 is 0 Å². The van der Waals surface area contributed by atoms with Gasteiger partial charge in [0, 0.05) is 36.7 Å². The van der Waals surface area contributed by atoms with Gasteiger partial charge in [-0.1, -0.05) is 0 Å². The molecule has 0 atom stereocenters. The summed E-state index contributed by atoms with van der Waals surface area (Å²) in [6.45, 7) is 4.17. The molecule has 3 N–H and O–H groups in total. The van der Waals surface area contributed by atoms with Crippen LogP contribution in [0.2, 0.25) is 0 Å². The molecule has 27 heavy (non-hydrogen) atoms. The van der Waals surface area contributed by atoms with Crippen LogP contribution in [0.4, 0.5) is 11.5 Å². The molecule has 1 aromatic heterocycles. The first-order chi connectivity index (χ1) is 13.2. The second kappa shape index (κ2) is 6.91. The molecule has 5 rings (SSSR count). The Morgan fingerprint density at radius 3 is 2.85 bits per heavy atom. The second-order valence-corrected chi connectivity index (χ2v) is 8.56. The molecule has 3 aliphatic rings. The number of nitrogen functional groups attached to an aromatic ring is 1. The number of nitrogens with one attached hydrogen (secondary N) is 1. The summed E-state index contributed by atoms with van der Waals surface area (Å²) in [4.78, 5) is 11.5. The Balaban J connectivity index is 1.16. The van der Waals surface area contributed by atoms with Crippen molar-refractivity contribution < 1.29 is 4.74 Å².